The largest absolute Gasteiger partial charge is 0.344 e. The molecule has 6 nitrogen and oxygen atoms in total. The van der Waals surface area contributed by atoms with Gasteiger partial charge in [0, 0.05) is 0 Å². The van der Waals surface area contributed by atoms with Crippen LogP contribution in [-0.4, -0.2) is 25.7 Å². The van der Waals surface area contributed by atoms with E-state index >= 15 is 0 Å². The molecule has 1 atom stereocenters. The molecule has 4 rings (SSSR count). The minimum Gasteiger partial charge on any atom is -0.344 e. The number of carbonyl (C=O) groups is 1. The summed E-state index contributed by atoms with van der Waals surface area (Å²) in [7, 11) is 0. The summed E-state index contributed by atoms with van der Waals surface area (Å²) in [5.41, 5.74) is 3.69. The third kappa shape index (κ3) is 3.81. The van der Waals surface area contributed by atoms with Gasteiger partial charge in [0.15, 0.2) is 0 Å². The first-order valence-electron chi connectivity index (χ1n) is 8.99. The fraction of sp³-hybridized carbons (Fsp3) is 0.0909. The standard InChI is InChI=1S/C22H19N5O/c1-16(17-10-12-19(13-11-17)18-6-3-2-4-7-18)25-22(28)20-8-5-9-21(26-20)27-14-23-24-15-27/h2-16H,1H3,(H,25,28). The van der Waals surface area contributed by atoms with Crippen molar-refractivity contribution in [1.29, 1.82) is 0 Å². The van der Waals surface area contributed by atoms with Crippen LogP contribution in [0.15, 0.2) is 85.5 Å². The Kier molecular flexibility index (Phi) is 4.93. The zero-order valence-corrected chi connectivity index (χ0v) is 15.4. The van der Waals surface area contributed by atoms with Crippen molar-refractivity contribution in [3.63, 3.8) is 0 Å². The van der Waals surface area contributed by atoms with Crippen molar-refractivity contribution in [3.05, 3.63) is 96.7 Å². The van der Waals surface area contributed by atoms with E-state index in [-0.39, 0.29) is 11.9 Å². The average Bonchev–Trinajstić information content (AvgIpc) is 3.29. The van der Waals surface area contributed by atoms with Crippen LogP contribution >= 0.6 is 0 Å². The maximum absolute atomic E-state index is 12.6. The Morgan fingerprint density at radius 1 is 0.857 bits per heavy atom. The van der Waals surface area contributed by atoms with Crippen molar-refractivity contribution in [2.24, 2.45) is 0 Å². The number of benzene rings is 2. The van der Waals surface area contributed by atoms with E-state index in [4.69, 9.17) is 0 Å². The lowest BCUT2D eigenvalue weighted by molar-refractivity contribution is 0.0935. The molecule has 1 unspecified atom stereocenters. The fourth-order valence-electron chi connectivity index (χ4n) is 2.96. The lowest BCUT2D eigenvalue weighted by Gasteiger charge is -2.15. The van der Waals surface area contributed by atoms with Crippen LogP contribution in [0, 0.1) is 0 Å². The van der Waals surface area contributed by atoms with Crippen LogP contribution < -0.4 is 5.32 Å². The van der Waals surface area contributed by atoms with E-state index < -0.39 is 0 Å². The molecule has 0 spiro atoms. The zero-order valence-electron chi connectivity index (χ0n) is 15.4. The summed E-state index contributed by atoms with van der Waals surface area (Å²) in [6, 6.07) is 23.5. The Morgan fingerprint density at radius 3 is 2.25 bits per heavy atom. The number of pyridine rings is 1. The molecule has 0 aliphatic heterocycles. The normalized spacial score (nSPS) is 11.8. The minimum atomic E-state index is -0.227. The maximum Gasteiger partial charge on any atom is 0.270 e. The number of rotatable bonds is 5. The highest BCUT2D eigenvalue weighted by Gasteiger charge is 2.13. The third-order valence-corrected chi connectivity index (χ3v) is 4.52. The molecule has 1 amide bonds. The number of amides is 1. The van der Waals surface area contributed by atoms with Crippen molar-refractivity contribution in [2.45, 2.75) is 13.0 Å². The molecule has 4 aromatic rings. The Labute approximate surface area is 162 Å². The van der Waals surface area contributed by atoms with Crippen LogP contribution in [0.25, 0.3) is 16.9 Å². The van der Waals surface area contributed by atoms with Gasteiger partial charge in [-0.15, -0.1) is 10.2 Å². The summed E-state index contributed by atoms with van der Waals surface area (Å²) in [6.07, 6.45) is 3.09. The van der Waals surface area contributed by atoms with Gasteiger partial charge in [-0.05, 0) is 35.7 Å². The van der Waals surface area contributed by atoms with Gasteiger partial charge in [0.2, 0.25) is 0 Å². The SMILES string of the molecule is CC(NC(=O)c1cccc(-n2cnnc2)n1)c1ccc(-c2ccccc2)cc1. The molecular weight excluding hydrogens is 350 g/mol. The lowest BCUT2D eigenvalue weighted by atomic mass is 10.0. The van der Waals surface area contributed by atoms with Crippen molar-refractivity contribution in [2.75, 3.05) is 0 Å². The van der Waals surface area contributed by atoms with Gasteiger partial charge in [-0.25, -0.2) is 4.98 Å². The molecule has 0 saturated heterocycles. The predicted octanol–water partition coefficient (Wildman–Crippen LogP) is 3.82. The molecule has 2 aromatic carbocycles. The Balaban J connectivity index is 1.47. The van der Waals surface area contributed by atoms with E-state index in [0.29, 0.717) is 11.5 Å². The Morgan fingerprint density at radius 2 is 1.54 bits per heavy atom. The maximum atomic E-state index is 12.6. The van der Waals surface area contributed by atoms with Crippen LogP contribution in [0.5, 0.6) is 0 Å². The van der Waals surface area contributed by atoms with Crippen molar-refractivity contribution in [3.8, 4) is 16.9 Å². The first-order valence-corrected chi connectivity index (χ1v) is 8.99. The molecule has 0 fully saturated rings. The summed E-state index contributed by atoms with van der Waals surface area (Å²) in [5, 5.41) is 10.5. The Bertz CT molecular complexity index is 1060. The van der Waals surface area contributed by atoms with Crippen molar-refractivity contribution >= 4 is 5.91 Å². The monoisotopic (exact) mass is 369 g/mol. The number of hydrogen-bond donors (Lipinski definition) is 1. The van der Waals surface area contributed by atoms with E-state index in [2.05, 4.69) is 44.8 Å². The van der Waals surface area contributed by atoms with E-state index in [9.17, 15) is 4.79 Å². The molecule has 0 aliphatic rings. The van der Waals surface area contributed by atoms with Crippen LogP contribution in [0.1, 0.15) is 29.0 Å². The van der Waals surface area contributed by atoms with Crippen LogP contribution in [-0.2, 0) is 0 Å². The number of hydrogen-bond acceptors (Lipinski definition) is 4. The van der Waals surface area contributed by atoms with Crippen LogP contribution in [0.2, 0.25) is 0 Å². The quantitative estimate of drug-likeness (QED) is 0.580. The van der Waals surface area contributed by atoms with Gasteiger partial charge in [0.1, 0.15) is 24.2 Å². The highest BCUT2D eigenvalue weighted by molar-refractivity contribution is 5.92. The molecule has 0 radical (unpaired) electrons. The van der Waals surface area contributed by atoms with Gasteiger partial charge in [-0.3, -0.25) is 9.36 Å². The average molecular weight is 369 g/mol. The van der Waals surface area contributed by atoms with Gasteiger partial charge < -0.3 is 5.32 Å². The van der Waals surface area contributed by atoms with E-state index in [1.54, 1.807) is 35.4 Å². The molecule has 2 aromatic heterocycles. The molecular formula is C22H19N5O. The van der Waals surface area contributed by atoms with E-state index in [0.717, 1.165) is 11.1 Å². The Hall–Kier alpha value is -3.80. The minimum absolute atomic E-state index is 0.141. The molecule has 0 bridgehead atoms. The summed E-state index contributed by atoms with van der Waals surface area (Å²) in [5.74, 6) is 0.368. The first-order chi connectivity index (χ1) is 13.7. The van der Waals surface area contributed by atoms with Gasteiger partial charge in [-0.2, -0.15) is 0 Å². The first kappa shape index (κ1) is 17.6. The molecule has 2 heterocycles. The predicted molar refractivity (Wildman–Crippen MR) is 107 cm³/mol. The fourth-order valence-corrected chi connectivity index (χ4v) is 2.96. The summed E-state index contributed by atoms with van der Waals surface area (Å²) < 4.78 is 1.66. The van der Waals surface area contributed by atoms with Crippen LogP contribution in [0.3, 0.4) is 0 Å². The third-order valence-electron chi connectivity index (χ3n) is 4.52. The molecule has 0 aliphatic carbocycles. The zero-order chi connectivity index (χ0) is 19.3. The summed E-state index contributed by atoms with van der Waals surface area (Å²) in [4.78, 5) is 17.0. The van der Waals surface area contributed by atoms with Crippen molar-refractivity contribution < 1.29 is 4.79 Å². The highest BCUT2D eigenvalue weighted by Crippen LogP contribution is 2.22. The second kappa shape index (κ2) is 7.84. The van der Waals surface area contributed by atoms with Gasteiger partial charge >= 0.3 is 0 Å². The molecule has 1 N–H and O–H groups in total. The smallest absolute Gasteiger partial charge is 0.270 e. The second-order valence-electron chi connectivity index (χ2n) is 6.43. The van der Waals surface area contributed by atoms with Gasteiger partial charge in [0.05, 0.1) is 6.04 Å². The number of carbonyl (C=O) groups excluding carboxylic acids is 1. The second-order valence-corrected chi connectivity index (χ2v) is 6.43. The molecule has 0 saturated carbocycles. The highest BCUT2D eigenvalue weighted by atomic mass is 16.1. The molecule has 28 heavy (non-hydrogen) atoms. The van der Waals surface area contributed by atoms with Gasteiger partial charge in [-0.1, -0.05) is 60.7 Å². The number of nitrogens with zero attached hydrogens (tertiary/aromatic N) is 4. The van der Waals surface area contributed by atoms with Crippen molar-refractivity contribution in [1.82, 2.24) is 25.1 Å². The summed E-state index contributed by atoms with van der Waals surface area (Å²) >= 11 is 0. The number of nitrogens with one attached hydrogen (secondary N) is 1. The molecule has 6 heteroatoms. The van der Waals surface area contributed by atoms with E-state index in [1.807, 2.05) is 37.3 Å². The lowest BCUT2D eigenvalue weighted by Crippen LogP contribution is -2.27. The summed E-state index contributed by atoms with van der Waals surface area (Å²) in [6.45, 7) is 1.96. The van der Waals surface area contributed by atoms with E-state index in [1.165, 1.54) is 5.56 Å². The van der Waals surface area contributed by atoms with Gasteiger partial charge in [0.25, 0.3) is 5.91 Å². The molecule has 138 valence electrons. The van der Waals surface area contributed by atoms with Crippen LogP contribution in [0.4, 0.5) is 0 Å². The topological polar surface area (TPSA) is 72.7 Å². The number of aromatic nitrogens is 4.